The lowest BCUT2D eigenvalue weighted by molar-refractivity contribution is -0.144. The van der Waals surface area contributed by atoms with E-state index in [-0.39, 0.29) is 5.56 Å². The van der Waals surface area contributed by atoms with Gasteiger partial charge in [0.05, 0.1) is 5.41 Å². The van der Waals surface area contributed by atoms with Crippen molar-refractivity contribution in [1.29, 1.82) is 0 Å². The molecular formula is C11H11ClFNO2. The molecular weight excluding hydrogens is 233 g/mol. The molecule has 1 aromatic rings. The number of rotatable bonds is 3. The van der Waals surface area contributed by atoms with E-state index in [1.807, 2.05) is 0 Å². The Bertz CT molecular complexity index is 446. The second-order valence-electron chi connectivity index (χ2n) is 4.10. The number of halogens is 2. The summed E-state index contributed by atoms with van der Waals surface area (Å²) in [5.41, 5.74) is 4.99. The summed E-state index contributed by atoms with van der Waals surface area (Å²) in [7, 11) is 0. The van der Waals surface area contributed by atoms with Gasteiger partial charge in [0.1, 0.15) is 5.82 Å². The summed E-state index contributed by atoms with van der Waals surface area (Å²) < 4.78 is 13.5. The molecule has 86 valence electrons. The Kier molecular flexibility index (Phi) is 2.64. The predicted molar refractivity (Wildman–Crippen MR) is 57.6 cm³/mol. The van der Waals surface area contributed by atoms with Crippen molar-refractivity contribution in [3.05, 3.63) is 34.6 Å². The second kappa shape index (κ2) is 3.71. The lowest BCUT2D eigenvalue weighted by Gasteiger charge is -2.20. The van der Waals surface area contributed by atoms with Gasteiger partial charge >= 0.3 is 5.97 Å². The smallest absolute Gasteiger partial charge is 0.311 e. The highest BCUT2D eigenvalue weighted by molar-refractivity contribution is 6.30. The summed E-state index contributed by atoms with van der Waals surface area (Å²) >= 11 is 5.74. The molecule has 3 nitrogen and oxygen atoms in total. The zero-order valence-corrected chi connectivity index (χ0v) is 9.17. The van der Waals surface area contributed by atoms with Gasteiger partial charge in [0.15, 0.2) is 0 Å². The molecule has 5 heteroatoms. The first kappa shape index (κ1) is 11.4. The van der Waals surface area contributed by atoms with Crippen LogP contribution < -0.4 is 5.73 Å². The van der Waals surface area contributed by atoms with Crippen LogP contribution in [0, 0.1) is 11.2 Å². The van der Waals surface area contributed by atoms with E-state index >= 15 is 0 Å². The van der Waals surface area contributed by atoms with Crippen molar-refractivity contribution in [3.8, 4) is 0 Å². The average Bonchev–Trinajstić information content (AvgIpc) is 3.01. The number of benzene rings is 1. The summed E-state index contributed by atoms with van der Waals surface area (Å²) in [6.07, 6.45) is 0.963. The summed E-state index contributed by atoms with van der Waals surface area (Å²) in [6, 6.07) is 3.16. The van der Waals surface area contributed by atoms with Gasteiger partial charge in [0.25, 0.3) is 0 Å². The highest BCUT2D eigenvalue weighted by Crippen LogP contribution is 2.54. The fraction of sp³-hybridized carbons (Fsp3) is 0.364. The molecule has 1 aliphatic carbocycles. The van der Waals surface area contributed by atoms with Crippen LogP contribution in [0.3, 0.4) is 0 Å². The first-order valence-corrected chi connectivity index (χ1v) is 5.29. The number of aliphatic carboxylic acids is 1. The largest absolute Gasteiger partial charge is 0.481 e. The monoisotopic (exact) mass is 243 g/mol. The Balaban J connectivity index is 2.38. The van der Waals surface area contributed by atoms with E-state index in [9.17, 15) is 9.18 Å². The van der Waals surface area contributed by atoms with Crippen LogP contribution in [0.2, 0.25) is 5.02 Å². The van der Waals surface area contributed by atoms with Crippen LogP contribution in [0.25, 0.3) is 0 Å². The fourth-order valence-electron chi connectivity index (χ4n) is 1.84. The quantitative estimate of drug-likeness (QED) is 0.857. The lowest BCUT2D eigenvalue weighted by Crippen LogP contribution is -2.30. The molecule has 2 rings (SSSR count). The molecule has 0 saturated heterocycles. The standard InChI is InChI=1S/C11H11ClFNO2/c12-6-1-2-8(13)7(5-6)9(14)11(3-4-11)10(15)16/h1-2,5,9H,3-4,14H2,(H,15,16). The number of nitrogens with two attached hydrogens (primary N) is 1. The zero-order chi connectivity index (χ0) is 11.9. The molecule has 1 unspecified atom stereocenters. The third kappa shape index (κ3) is 1.68. The molecule has 0 radical (unpaired) electrons. The minimum Gasteiger partial charge on any atom is -0.481 e. The SMILES string of the molecule is NC(c1cc(Cl)ccc1F)C1(C(=O)O)CC1. The van der Waals surface area contributed by atoms with Gasteiger partial charge in [-0.3, -0.25) is 4.79 Å². The van der Waals surface area contributed by atoms with E-state index in [4.69, 9.17) is 22.4 Å². The Hall–Kier alpha value is -1.13. The average molecular weight is 244 g/mol. The lowest BCUT2D eigenvalue weighted by atomic mass is 9.90. The van der Waals surface area contributed by atoms with Crippen LogP contribution in [0.5, 0.6) is 0 Å². The third-order valence-electron chi connectivity index (χ3n) is 3.10. The molecule has 0 aromatic heterocycles. The van der Waals surface area contributed by atoms with Crippen LogP contribution in [-0.2, 0) is 4.79 Å². The van der Waals surface area contributed by atoms with Crippen molar-refractivity contribution in [1.82, 2.24) is 0 Å². The van der Waals surface area contributed by atoms with E-state index in [2.05, 4.69) is 0 Å². The van der Waals surface area contributed by atoms with Crippen molar-refractivity contribution < 1.29 is 14.3 Å². The molecule has 16 heavy (non-hydrogen) atoms. The molecule has 0 spiro atoms. The maximum Gasteiger partial charge on any atom is 0.311 e. The van der Waals surface area contributed by atoms with E-state index < -0.39 is 23.2 Å². The number of carbonyl (C=O) groups is 1. The van der Waals surface area contributed by atoms with Gasteiger partial charge in [-0.2, -0.15) is 0 Å². The molecule has 3 N–H and O–H groups in total. The third-order valence-corrected chi connectivity index (χ3v) is 3.34. The fourth-order valence-corrected chi connectivity index (χ4v) is 2.02. The van der Waals surface area contributed by atoms with Gasteiger partial charge < -0.3 is 10.8 Å². The van der Waals surface area contributed by atoms with Gasteiger partial charge in [-0.1, -0.05) is 11.6 Å². The van der Waals surface area contributed by atoms with Gasteiger partial charge in [-0.25, -0.2) is 4.39 Å². The Labute approximate surface area is 97.0 Å². The highest BCUT2D eigenvalue weighted by atomic mass is 35.5. The topological polar surface area (TPSA) is 63.3 Å². The van der Waals surface area contributed by atoms with Gasteiger partial charge in [-0.15, -0.1) is 0 Å². The molecule has 0 bridgehead atoms. The molecule has 1 atom stereocenters. The van der Waals surface area contributed by atoms with Crippen LogP contribution >= 0.6 is 11.6 Å². The maximum absolute atomic E-state index is 13.5. The number of carboxylic acid groups (broad SMARTS) is 1. The maximum atomic E-state index is 13.5. The van der Waals surface area contributed by atoms with Gasteiger partial charge in [-0.05, 0) is 31.0 Å². The molecule has 1 saturated carbocycles. The molecule has 0 amide bonds. The van der Waals surface area contributed by atoms with Gasteiger partial charge in [0, 0.05) is 16.6 Å². The first-order valence-electron chi connectivity index (χ1n) is 4.91. The van der Waals surface area contributed by atoms with Crippen molar-refractivity contribution in [3.63, 3.8) is 0 Å². The minimum atomic E-state index is -1.01. The predicted octanol–water partition coefficient (Wildman–Crippen LogP) is 2.34. The summed E-state index contributed by atoms with van der Waals surface area (Å²) in [4.78, 5) is 11.1. The Morgan fingerprint density at radius 1 is 1.56 bits per heavy atom. The van der Waals surface area contributed by atoms with Gasteiger partial charge in [0.2, 0.25) is 0 Å². The van der Waals surface area contributed by atoms with E-state index in [0.29, 0.717) is 17.9 Å². The van der Waals surface area contributed by atoms with E-state index in [1.165, 1.54) is 18.2 Å². The molecule has 1 aromatic carbocycles. The van der Waals surface area contributed by atoms with Crippen LogP contribution in [0.4, 0.5) is 4.39 Å². The Morgan fingerprint density at radius 2 is 2.19 bits per heavy atom. The summed E-state index contributed by atoms with van der Waals surface area (Å²) in [6.45, 7) is 0. The Morgan fingerprint density at radius 3 is 2.69 bits per heavy atom. The van der Waals surface area contributed by atoms with E-state index in [0.717, 1.165) is 0 Å². The second-order valence-corrected chi connectivity index (χ2v) is 4.54. The number of hydrogen-bond donors (Lipinski definition) is 2. The van der Waals surface area contributed by atoms with Crippen LogP contribution in [0.15, 0.2) is 18.2 Å². The van der Waals surface area contributed by atoms with Crippen LogP contribution in [0.1, 0.15) is 24.4 Å². The van der Waals surface area contributed by atoms with E-state index in [1.54, 1.807) is 0 Å². The molecule has 1 aliphatic rings. The van der Waals surface area contributed by atoms with Crippen molar-refractivity contribution >= 4 is 17.6 Å². The summed E-state index contributed by atoms with van der Waals surface area (Å²) in [5.74, 6) is -1.48. The zero-order valence-electron chi connectivity index (χ0n) is 8.41. The van der Waals surface area contributed by atoms with Crippen molar-refractivity contribution in [2.24, 2.45) is 11.1 Å². The normalized spacial score (nSPS) is 19.2. The summed E-state index contributed by atoms with van der Waals surface area (Å²) in [5, 5.41) is 9.41. The van der Waals surface area contributed by atoms with Crippen LogP contribution in [-0.4, -0.2) is 11.1 Å². The molecule has 1 fully saturated rings. The number of carboxylic acids is 1. The highest BCUT2D eigenvalue weighted by Gasteiger charge is 2.55. The minimum absolute atomic E-state index is 0.174. The molecule has 0 heterocycles. The molecule has 0 aliphatic heterocycles. The van der Waals surface area contributed by atoms with Crippen molar-refractivity contribution in [2.45, 2.75) is 18.9 Å². The van der Waals surface area contributed by atoms with Crippen molar-refractivity contribution in [2.75, 3.05) is 0 Å². The number of hydrogen-bond acceptors (Lipinski definition) is 2. The first-order chi connectivity index (χ1) is 7.47.